The van der Waals surface area contributed by atoms with Gasteiger partial charge in [-0.2, -0.15) is 0 Å². The summed E-state index contributed by atoms with van der Waals surface area (Å²) in [7, 11) is 0. The molecule has 1 atom stereocenters. The van der Waals surface area contributed by atoms with Gasteiger partial charge in [-0.3, -0.25) is 0 Å². The second kappa shape index (κ2) is 6.52. The molecular formula is C18H19BrO2. The van der Waals surface area contributed by atoms with E-state index in [1.165, 1.54) is 11.1 Å². The Morgan fingerprint density at radius 2 is 2.10 bits per heavy atom. The van der Waals surface area contributed by atoms with E-state index >= 15 is 0 Å². The number of benzene rings is 2. The summed E-state index contributed by atoms with van der Waals surface area (Å²) in [5.41, 5.74) is 3.71. The van der Waals surface area contributed by atoms with Gasteiger partial charge in [-0.1, -0.05) is 46.3 Å². The average molecular weight is 347 g/mol. The van der Waals surface area contributed by atoms with Crippen LogP contribution in [-0.2, 0) is 6.42 Å². The number of rotatable bonds is 4. The van der Waals surface area contributed by atoms with Crippen LogP contribution in [0.2, 0.25) is 0 Å². The molecule has 0 fully saturated rings. The SMILES string of the molecule is CCOc1ccccc1C(Br)c1ccc2c(c1)CCCO2. The largest absolute Gasteiger partial charge is 0.494 e. The van der Waals surface area contributed by atoms with Crippen LogP contribution in [0.1, 0.15) is 34.9 Å². The molecule has 2 aromatic rings. The molecule has 3 rings (SSSR count). The van der Waals surface area contributed by atoms with E-state index < -0.39 is 0 Å². The van der Waals surface area contributed by atoms with Crippen molar-refractivity contribution in [3.8, 4) is 11.5 Å². The summed E-state index contributed by atoms with van der Waals surface area (Å²) >= 11 is 3.82. The molecule has 0 radical (unpaired) electrons. The number of fused-ring (bicyclic) bond motifs is 1. The normalized spacial score (nSPS) is 15.0. The van der Waals surface area contributed by atoms with Crippen molar-refractivity contribution < 1.29 is 9.47 Å². The van der Waals surface area contributed by atoms with Crippen molar-refractivity contribution >= 4 is 15.9 Å². The van der Waals surface area contributed by atoms with Crippen molar-refractivity contribution in [3.05, 3.63) is 59.2 Å². The van der Waals surface area contributed by atoms with Crippen molar-refractivity contribution in [1.82, 2.24) is 0 Å². The fourth-order valence-electron chi connectivity index (χ4n) is 2.69. The van der Waals surface area contributed by atoms with E-state index in [9.17, 15) is 0 Å². The molecule has 3 heteroatoms. The maximum Gasteiger partial charge on any atom is 0.123 e. The van der Waals surface area contributed by atoms with Crippen LogP contribution in [0.4, 0.5) is 0 Å². The predicted molar refractivity (Wildman–Crippen MR) is 88.6 cm³/mol. The minimum absolute atomic E-state index is 0.132. The third-order valence-corrected chi connectivity index (χ3v) is 4.74. The summed E-state index contributed by atoms with van der Waals surface area (Å²) in [6.07, 6.45) is 2.19. The van der Waals surface area contributed by atoms with Gasteiger partial charge in [0.25, 0.3) is 0 Å². The highest BCUT2D eigenvalue weighted by atomic mass is 79.9. The molecule has 0 N–H and O–H groups in total. The van der Waals surface area contributed by atoms with Gasteiger partial charge in [0.2, 0.25) is 0 Å². The Morgan fingerprint density at radius 1 is 1.24 bits per heavy atom. The lowest BCUT2D eigenvalue weighted by Gasteiger charge is -2.20. The van der Waals surface area contributed by atoms with Crippen LogP contribution >= 0.6 is 15.9 Å². The third-order valence-electron chi connectivity index (χ3n) is 3.72. The van der Waals surface area contributed by atoms with Crippen LogP contribution in [0.15, 0.2) is 42.5 Å². The first-order valence-corrected chi connectivity index (χ1v) is 8.32. The van der Waals surface area contributed by atoms with E-state index in [0.717, 1.165) is 36.5 Å². The Labute approximate surface area is 134 Å². The maximum absolute atomic E-state index is 5.74. The molecule has 0 spiro atoms. The van der Waals surface area contributed by atoms with Gasteiger partial charge in [0.1, 0.15) is 11.5 Å². The highest BCUT2D eigenvalue weighted by Gasteiger charge is 2.18. The summed E-state index contributed by atoms with van der Waals surface area (Å²) in [6, 6.07) is 14.7. The number of hydrogen-bond acceptors (Lipinski definition) is 2. The first-order valence-electron chi connectivity index (χ1n) is 7.41. The molecule has 21 heavy (non-hydrogen) atoms. The second-order valence-electron chi connectivity index (χ2n) is 5.15. The molecule has 0 bridgehead atoms. The van der Waals surface area contributed by atoms with Crippen molar-refractivity contribution in [2.75, 3.05) is 13.2 Å². The van der Waals surface area contributed by atoms with E-state index in [1.54, 1.807) is 0 Å². The predicted octanol–water partition coefficient (Wildman–Crippen LogP) is 4.89. The van der Waals surface area contributed by atoms with Crippen molar-refractivity contribution in [2.24, 2.45) is 0 Å². The van der Waals surface area contributed by atoms with Gasteiger partial charge in [-0.15, -0.1) is 0 Å². The number of ether oxygens (including phenoxy) is 2. The Hall–Kier alpha value is -1.48. The Balaban J connectivity index is 1.93. The Morgan fingerprint density at radius 3 is 2.95 bits per heavy atom. The van der Waals surface area contributed by atoms with Crippen molar-refractivity contribution in [1.29, 1.82) is 0 Å². The zero-order valence-corrected chi connectivity index (χ0v) is 13.7. The highest BCUT2D eigenvalue weighted by Crippen LogP contribution is 2.38. The van der Waals surface area contributed by atoms with Crippen LogP contribution in [-0.4, -0.2) is 13.2 Å². The zero-order valence-electron chi connectivity index (χ0n) is 12.1. The van der Waals surface area contributed by atoms with E-state index in [2.05, 4.69) is 40.2 Å². The lowest BCUT2D eigenvalue weighted by atomic mass is 9.98. The molecule has 2 nitrogen and oxygen atoms in total. The molecule has 1 aliphatic heterocycles. The van der Waals surface area contributed by atoms with Gasteiger partial charge in [0, 0.05) is 5.56 Å². The van der Waals surface area contributed by atoms with Crippen LogP contribution in [0.25, 0.3) is 0 Å². The molecule has 0 saturated heterocycles. The average Bonchev–Trinajstić information content (AvgIpc) is 2.54. The van der Waals surface area contributed by atoms with Gasteiger partial charge in [0.15, 0.2) is 0 Å². The summed E-state index contributed by atoms with van der Waals surface area (Å²) < 4.78 is 11.4. The quantitative estimate of drug-likeness (QED) is 0.733. The summed E-state index contributed by atoms with van der Waals surface area (Å²) in [5, 5.41) is 0. The summed E-state index contributed by atoms with van der Waals surface area (Å²) in [6.45, 7) is 3.52. The fourth-order valence-corrected chi connectivity index (χ4v) is 3.36. The molecule has 0 saturated carbocycles. The van der Waals surface area contributed by atoms with Gasteiger partial charge >= 0.3 is 0 Å². The van der Waals surface area contributed by atoms with Crippen LogP contribution in [0.3, 0.4) is 0 Å². The minimum Gasteiger partial charge on any atom is -0.494 e. The van der Waals surface area contributed by atoms with E-state index in [1.807, 2.05) is 25.1 Å². The van der Waals surface area contributed by atoms with Crippen LogP contribution in [0, 0.1) is 0 Å². The standard InChI is InChI=1S/C18H19BrO2/c1-2-20-17-8-4-3-7-15(17)18(19)14-9-10-16-13(12-14)6-5-11-21-16/h3-4,7-10,12,18H,2,5-6,11H2,1H3. The number of para-hydroxylation sites is 1. The first-order chi connectivity index (χ1) is 10.3. The van der Waals surface area contributed by atoms with Gasteiger partial charge in [0.05, 0.1) is 18.0 Å². The molecule has 0 amide bonds. The molecule has 1 aliphatic rings. The molecule has 0 aromatic heterocycles. The minimum atomic E-state index is 0.132. The molecular weight excluding hydrogens is 328 g/mol. The highest BCUT2D eigenvalue weighted by molar-refractivity contribution is 9.09. The monoisotopic (exact) mass is 346 g/mol. The lowest BCUT2D eigenvalue weighted by molar-refractivity contribution is 0.288. The fraction of sp³-hybridized carbons (Fsp3) is 0.333. The van der Waals surface area contributed by atoms with Gasteiger partial charge in [-0.05, 0) is 43.0 Å². The number of aryl methyl sites for hydroxylation is 1. The number of halogens is 1. The van der Waals surface area contributed by atoms with Gasteiger partial charge < -0.3 is 9.47 Å². The zero-order chi connectivity index (χ0) is 14.7. The molecule has 110 valence electrons. The first kappa shape index (κ1) is 14.5. The van der Waals surface area contributed by atoms with Crippen LogP contribution < -0.4 is 9.47 Å². The summed E-state index contributed by atoms with van der Waals surface area (Å²) in [5.74, 6) is 1.97. The van der Waals surface area contributed by atoms with E-state index in [0.29, 0.717) is 6.61 Å². The van der Waals surface area contributed by atoms with E-state index in [4.69, 9.17) is 9.47 Å². The lowest BCUT2D eigenvalue weighted by Crippen LogP contribution is -2.09. The van der Waals surface area contributed by atoms with Crippen molar-refractivity contribution in [2.45, 2.75) is 24.6 Å². The molecule has 1 unspecified atom stereocenters. The third kappa shape index (κ3) is 3.08. The van der Waals surface area contributed by atoms with Gasteiger partial charge in [-0.25, -0.2) is 0 Å². The van der Waals surface area contributed by atoms with E-state index in [-0.39, 0.29) is 4.83 Å². The Kier molecular flexibility index (Phi) is 4.49. The smallest absolute Gasteiger partial charge is 0.123 e. The number of hydrogen-bond donors (Lipinski definition) is 0. The van der Waals surface area contributed by atoms with Crippen LogP contribution in [0.5, 0.6) is 11.5 Å². The second-order valence-corrected chi connectivity index (χ2v) is 6.07. The molecule has 0 aliphatic carbocycles. The topological polar surface area (TPSA) is 18.5 Å². The Bertz CT molecular complexity index is 624. The molecule has 2 aromatic carbocycles. The maximum atomic E-state index is 5.74. The van der Waals surface area contributed by atoms with Crippen molar-refractivity contribution in [3.63, 3.8) is 0 Å². The molecule has 1 heterocycles. The summed E-state index contributed by atoms with van der Waals surface area (Å²) in [4.78, 5) is 0.132. The number of alkyl halides is 1.